The van der Waals surface area contributed by atoms with Crippen molar-refractivity contribution in [2.75, 3.05) is 32.7 Å². The Balaban J connectivity index is 1.60. The van der Waals surface area contributed by atoms with E-state index >= 15 is 0 Å². The second-order valence-electron chi connectivity index (χ2n) is 6.13. The van der Waals surface area contributed by atoms with Gasteiger partial charge in [0.25, 0.3) is 0 Å². The van der Waals surface area contributed by atoms with Crippen molar-refractivity contribution in [1.82, 2.24) is 9.21 Å². The van der Waals surface area contributed by atoms with E-state index in [0.29, 0.717) is 26.2 Å². The third kappa shape index (κ3) is 4.20. The van der Waals surface area contributed by atoms with Gasteiger partial charge in [-0.1, -0.05) is 54.6 Å². The Hall–Kier alpha value is -2.46. The van der Waals surface area contributed by atoms with E-state index < -0.39 is 10.0 Å². The van der Waals surface area contributed by atoms with Crippen LogP contribution in [0.1, 0.15) is 11.1 Å². The minimum absolute atomic E-state index is 0.0972. The van der Waals surface area contributed by atoms with Crippen molar-refractivity contribution in [3.8, 4) is 6.07 Å². The Morgan fingerprint density at radius 1 is 0.962 bits per heavy atom. The van der Waals surface area contributed by atoms with E-state index in [0.717, 1.165) is 12.1 Å². The van der Waals surface area contributed by atoms with E-state index in [2.05, 4.69) is 17.1 Å². The molecule has 0 spiro atoms. The molecule has 1 aliphatic rings. The Morgan fingerprint density at radius 3 is 2.31 bits per heavy atom. The zero-order chi connectivity index (χ0) is 18.4. The first-order chi connectivity index (χ1) is 12.6. The highest BCUT2D eigenvalue weighted by atomic mass is 32.2. The first-order valence-electron chi connectivity index (χ1n) is 8.54. The van der Waals surface area contributed by atoms with Gasteiger partial charge in [0.1, 0.15) is 6.07 Å². The maximum absolute atomic E-state index is 12.8. The van der Waals surface area contributed by atoms with Gasteiger partial charge in [-0.25, -0.2) is 8.42 Å². The molecule has 5 nitrogen and oxygen atoms in total. The van der Waals surface area contributed by atoms with E-state index in [1.807, 2.05) is 36.4 Å². The lowest BCUT2D eigenvalue weighted by Crippen LogP contribution is -2.48. The number of sulfonamides is 1. The molecule has 0 radical (unpaired) electrons. The molecule has 0 amide bonds. The first kappa shape index (κ1) is 18.3. The smallest absolute Gasteiger partial charge is 0.244 e. The van der Waals surface area contributed by atoms with E-state index in [4.69, 9.17) is 5.26 Å². The summed E-state index contributed by atoms with van der Waals surface area (Å²) in [6.45, 7) is 3.00. The van der Waals surface area contributed by atoms with Crippen molar-refractivity contribution in [2.24, 2.45) is 0 Å². The number of hydrogen-bond donors (Lipinski definition) is 0. The molecule has 134 valence electrons. The topological polar surface area (TPSA) is 64.4 Å². The van der Waals surface area contributed by atoms with Crippen molar-refractivity contribution >= 4 is 16.1 Å². The monoisotopic (exact) mass is 367 g/mol. The average molecular weight is 367 g/mol. The number of nitrogens with zero attached hydrogens (tertiary/aromatic N) is 3. The fourth-order valence-electron chi connectivity index (χ4n) is 2.98. The van der Waals surface area contributed by atoms with Crippen LogP contribution < -0.4 is 0 Å². The maximum Gasteiger partial charge on any atom is 0.244 e. The molecule has 6 heteroatoms. The van der Waals surface area contributed by atoms with Crippen molar-refractivity contribution in [2.45, 2.75) is 4.90 Å². The molecular formula is C20H21N3O2S. The highest BCUT2D eigenvalue weighted by molar-refractivity contribution is 7.89. The Kier molecular flexibility index (Phi) is 5.84. The highest BCUT2D eigenvalue weighted by Gasteiger charge is 2.29. The summed E-state index contributed by atoms with van der Waals surface area (Å²) in [6, 6.07) is 18.4. The van der Waals surface area contributed by atoms with Crippen molar-refractivity contribution in [3.63, 3.8) is 0 Å². The van der Waals surface area contributed by atoms with Crippen LogP contribution in [-0.2, 0) is 10.0 Å². The average Bonchev–Trinajstić information content (AvgIpc) is 2.69. The van der Waals surface area contributed by atoms with E-state index in [1.165, 1.54) is 16.4 Å². The number of hydrogen-bond acceptors (Lipinski definition) is 4. The summed E-state index contributed by atoms with van der Waals surface area (Å²) < 4.78 is 27.1. The molecule has 0 unspecified atom stereocenters. The third-order valence-electron chi connectivity index (χ3n) is 4.43. The molecule has 0 atom stereocenters. The zero-order valence-corrected chi connectivity index (χ0v) is 15.3. The van der Waals surface area contributed by atoms with E-state index in [9.17, 15) is 8.42 Å². The summed E-state index contributed by atoms with van der Waals surface area (Å²) in [6.07, 6.45) is 4.18. The van der Waals surface area contributed by atoms with E-state index in [1.54, 1.807) is 12.1 Å². The van der Waals surface area contributed by atoms with Crippen LogP contribution in [0.4, 0.5) is 0 Å². The molecule has 3 rings (SSSR count). The molecule has 1 heterocycles. The minimum Gasteiger partial charge on any atom is -0.297 e. The summed E-state index contributed by atoms with van der Waals surface area (Å²) in [5.74, 6) is 0. The summed E-state index contributed by atoms with van der Waals surface area (Å²) in [7, 11) is -3.63. The number of nitriles is 1. The third-order valence-corrected chi connectivity index (χ3v) is 6.39. The number of benzene rings is 2. The van der Waals surface area contributed by atoms with Gasteiger partial charge < -0.3 is 0 Å². The molecule has 0 aliphatic carbocycles. The van der Waals surface area contributed by atoms with Crippen molar-refractivity contribution in [1.29, 1.82) is 5.26 Å². The van der Waals surface area contributed by atoms with Crippen LogP contribution >= 0.6 is 0 Å². The Bertz CT molecular complexity index is 910. The molecule has 26 heavy (non-hydrogen) atoms. The van der Waals surface area contributed by atoms with Crippen LogP contribution in [0.15, 0.2) is 65.6 Å². The summed E-state index contributed by atoms with van der Waals surface area (Å²) in [5.41, 5.74) is 1.35. The second-order valence-corrected chi connectivity index (χ2v) is 8.03. The standard InChI is InChI=1S/C20H21N3O2S/c21-17-19-10-4-5-11-20(19)26(24,25)23-15-13-22(14-16-23)12-6-9-18-7-2-1-3-8-18/h1-11H,12-16H2/b9-6+. The fourth-order valence-corrected chi connectivity index (χ4v) is 4.54. The number of rotatable bonds is 5. The van der Waals surface area contributed by atoms with Crippen molar-refractivity contribution < 1.29 is 8.42 Å². The first-order valence-corrected chi connectivity index (χ1v) is 9.98. The largest absolute Gasteiger partial charge is 0.297 e. The predicted molar refractivity (Wildman–Crippen MR) is 102 cm³/mol. The lowest BCUT2D eigenvalue weighted by molar-refractivity contribution is 0.204. The molecule has 2 aromatic carbocycles. The summed E-state index contributed by atoms with van der Waals surface area (Å²) in [4.78, 5) is 2.32. The van der Waals surface area contributed by atoms with Gasteiger partial charge in [0.2, 0.25) is 10.0 Å². The van der Waals surface area contributed by atoms with Crippen molar-refractivity contribution in [3.05, 3.63) is 71.8 Å². The number of piperazine rings is 1. The molecular weight excluding hydrogens is 346 g/mol. The quantitative estimate of drug-likeness (QED) is 0.815. The fraction of sp³-hybridized carbons (Fsp3) is 0.250. The highest BCUT2D eigenvalue weighted by Crippen LogP contribution is 2.21. The molecule has 1 saturated heterocycles. The normalized spacial score (nSPS) is 16.6. The molecule has 1 fully saturated rings. The Morgan fingerprint density at radius 2 is 1.62 bits per heavy atom. The van der Waals surface area contributed by atoms with Gasteiger partial charge in [0.05, 0.1) is 10.5 Å². The van der Waals surface area contributed by atoms with Crippen LogP contribution in [0.25, 0.3) is 6.08 Å². The minimum atomic E-state index is -3.63. The summed E-state index contributed by atoms with van der Waals surface area (Å²) in [5, 5.41) is 9.16. The van der Waals surface area contributed by atoms with Gasteiger partial charge in [-0.2, -0.15) is 9.57 Å². The lowest BCUT2D eigenvalue weighted by atomic mass is 10.2. The van der Waals surface area contributed by atoms with Gasteiger partial charge in [-0.3, -0.25) is 4.90 Å². The maximum atomic E-state index is 12.8. The van der Waals surface area contributed by atoms with Gasteiger partial charge in [-0.05, 0) is 17.7 Å². The zero-order valence-electron chi connectivity index (χ0n) is 14.5. The van der Waals surface area contributed by atoms with Crippen LogP contribution in [0.2, 0.25) is 0 Å². The summed E-state index contributed by atoms with van der Waals surface area (Å²) >= 11 is 0. The molecule has 0 aromatic heterocycles. The SMILES string of the molecule is N#Cc1ccccc1S(=O)(=O)N1CCN(C/C=C/c2ccccc2)CC1. The van der Waals surface area contributed by atoms with Crippen LogP contribution in [0, 0.1) is 11.3 Å². The van der Waals surface area contributed by atoms with E-state index in [-0.39, 0.29) is 10.5 Å². The molecule has 1 aliphatic heterocycles. The molecule has 0 saturated carbocycles. The predicted octanol–water partition coefficient (Wildman–Crippen LogP) is 2.58. The lowest BCUT2D eigenvalue weighted by Gasteiger charge is -2.33. The molecule has 0 bridgehead atoms. The van der Waals surface area contributed by atoms with Gasteiger partial charge in [0, 0.05) is 32.7 Å². The molecule has 2 aromatic rings. The second kappa shape index (κ2) is 8.28. The van der Waals surface area contributed by atoms with Gasteiger partial charge in [-0.15, -0.1) is 0 Å². The van der Waals surface area contributed by atoms with Gasteiger partial charge in [0.15, 0.2) is 0 Å². The van der Waals surface area contributed by atoms with Crippen LogP contribution in [-0.4, -0.2) is 50.3 Å². The molecule has 0 N–H and O–H groups in total. The van der Waals surface area contributed by atoms with Gasteiger partial charge >= 0.3 is 0 Å². The Labute approximate surface area is 154 Å². The van der Waals surface area contributed by atoms with Crippen LogP contribution in [0.5, 0.6) is 0 Å². The van der Waals surface area contributed by atoms with Crippen LogP contribution in [0.3, 0.4) is 0 Å².